The van der Waals surface area contributed by atoms with Crippen LogP contribution in [0.4, 0.5) is 5.69 Å². The normalized spacial score (nSPS) is 10.6. The van der Waals surface area contributed by atoms with Crippen molar-refractivity contribution in [2.75, 3.05) is 12.3 Å². The van der Waals surface area contributed by atoms with Crippen LogP contribution in [0.3, 0.4) is 0 Å². The summed E-state index contributed by atoms with van der Waals surface area (Å²) in [5, 5.41) is 4.42. The molecule has 2 N–H and O–H groups in total. The summed E-state index contributed by atoms with van der Waals surface area (Å²) in [6.07, 6.45) is 0. The van der Waals surface area contributed by atoms with Gasteiger partial charge in [-0.1, -0.05) is 0 Å². The van der Waals surface area contributed by atoms with Crippen LogP contribution in [0.15, 0.2) is 28.7 Å². The van der Waals surface area contributed by atoms with E-state index in [-0.39, 0.29) is 0 Å². The van der Waals surface area contributed by atoms with Crippen molar-refractivity contribution in [2.24, 2.45) is 0 Å². The van der Waals surface area contributed by atoms with Crippen LogP contribution < -0.4 is 10.5 Å². The number of hydrogen-bond acceptors (Lipinski definition) is 3. The van der Waals surface area contributed by atoms with Crippen LogP contribution in [0.25, 0.3) is 0 Å². The van der Waals surface area contributed by atoms with E-state index in [0.717, 1.165) is 33.8 Å². The van der Waals surface area contributed by atoms with Crippen molar-refractivity contribution in [3.8, 4) is 5.75 Å². The summed E-state index contributed by atoms with van der Waals surface area (Å²) in [4.78, 5) is 0. The van der Waals surface area contributed by atoms with Crippen molar-refractivity contribution in [1.82, 2.24) is 9.78 Å². The minimum absolute atomic E-state index is 0.582. The molecule has 0 unspecified atom stereocenters. The van der Waals surface area contributed by atoms with Gasteiger partial charge in [0.1, 0.15) is 12.4 Å². The molecule has 2 rings (SSSR count). The van der Waals surface area contributed by atoms with Crippen LogP contribution in [-0.4, -0.2) is 16.4 Å². The third-order valence-electron chi connectivity index (χ3n) is 2.75. The van der Waals surface area contributed by atoms with Crippen LogP contribution >= 0.6 is 15.9 Å². The standard InChI is InChI=1S/C13H16BrN3O/c1-9-13(14)10(2)17(16-9)7-8-18-12-5-3-11(15)4-6-12/h3-6H,7-8,15H2,1-2H3. The maximum Gasteiger partial charge on any atom is 0.119 e. The van der Waals surface area contributed by atoms with Crippen molar-refractivity contribution in [2.45, 2.75) is 20.4 Å². The number of nitrogens with two attached hydrogens (primary N) is 1. The molecule has 0 aliphatic heterocycles. The van der Waals surface area contributed by atoms with Gasteiger partial charge in [-0.2, -0.15) is 5.10 Å². The van der Waals surface area contributed by atoms with E-state index >= 15 is 0 Å². The molecule has 0 radical (unpaired) electrons. The molecule has 0 atom stereocenters. The molecule has 0 aliphatic rings. The number of nitrogens with zero attached hydrogens (tertiary/aromatic N) is 2. The minimum Gasteiger partial charge on any atom is -0.492 e. The molecule has 5 heteroatoms. The zero-order chi connectivity index (χ0) is 13.1. The number of aryl methyl sites for hydroxylation is 1. The molecular weight excluding hydrogens is 294 g/mol. The van der Waals surface area contributed by atoms with Gasteiger partial charge in [0.05, 0.1) is 16.7 Å². The first-order valence-corrected chi connectivity index (χ1v) is 6.55. The second-order valence-corrected chi connectivity index (χ2v) is 4.92. The lowest BCUT2D eigenvalue weighted by atomic mass is 10.3. The number of ether oxygens (including phenoxy) is 1. The van der Waals surface area contributed by atoms with Crippen LogP contribution in [0.5, 0.6) is 5.75 Å². The highest BCUT2D eigenvalue weighted by molar-refractivity contribution is 9.10. The summed E-state index contributed by atoms with van der Waals surface area (Å²) in [5.74, 6) is 0.824. The Hall–Kier alpha value is -1.49. The highest BCUT2D eigenvalue weighted by Crippen LogP contribution is 2.19. The number of rotatable bonds is 4. The Morgan fingerprint density at radius 2 is 1.94 bits per heavy atom. The van der Waals surface area contributed by atoms with E-state index in [1.165, 1.54) is 0 Å². The van der Waals surface area contributed by atoms with Crippen LogP contribution in [0, 0.1) is 13.8 Å². The first-order valence-electron chi connectivity index (χ1n) is 5.76. The van der Waals surface area contributed by atoms with E-state index in [1.54, 1.807) is 0 Å². The molecular formula is C13H16BrN3O. The van der Waals surface area contributed by atoms with Gasteiger partial charge in [-0.3, -0.25) is 4.68 Å². The largest absolute Gasteiger partial charge is 0.492 e. The Morgan fingerprint density at radius 3 is 2.50 bits per heavy atom. The van der Waals surface area contributed by atoms with Crippen LogP contribution in [0.2, 0.25) is 0 Å². The summed E-state index contributed by atoms with van der Waals surface area (Å²) in [6, 6.07) is 7.39. The molecule has 0 amide bonds. The van der Waals surface area contributed by atoms with Crippen molar-refractivity contribution >= 4 is 21.6 Å². The van der Waals surface area contributed by atoms with Crippen molar-refractivity contribution in [1.29, 1.82) is 0 Å². The van der Waals surface area contributed by atoms with Gasteiger partial charge in [0.2, 0.25) is 0 Å². The monoisotopic (exact) mass is 309 g/mol. The Kier molecular flexibility index (Phi) is 3.91. The molecule has 0 spiro atoms. The third-order valence-corrected chi connectivity index (χ3v) is 3.89. The van der Waals surface area contributed by atoms with Crippen LogP contribution in [-0.2, 0) is 6.54 Å². The number of benzene rings is 1. The molecule has 2 aromatic rings. The molecule has 96 valence electrons. The number of aromatic nitrogens is 2. The average molecular weight is 310 g/mol. The first-order chi connectivity index (χ1) is 8.58. The summed E-state index contributed by atoms with van der Waals surface area (Å²) >= 11 is 3.51. The van der Waals surface area contributed by atoms with Gasteiger partial charge in [-0.05, 0) is 54.0 Å². The van der Waals surface area contributed by atoms with Gasteiger partial charge in [-0.25, -0.2) is 0 Å². The molecule has 0 saturated carbocycles. The summed E-state index contributed by atoms with van der Waals surface area (Å²) in [7, 11) is 0. The second kappa shape index (κ2) is 5.44. The predicted octanol–water partition coefficient (Wildman–Crippen LogP) is 2.92. The maximum absolute atomic E-state index is 5.64. The van der Waals surface area contributed by atoms with E-state index < -0.39 is 0 Å². The highest BCUT2D eigenvalue weighted by atomic mass is 79.9. The number of anilines is 1. The Balaban J connectivity index is 1.92. The lowest BCUT2D eigenvalue weighted by Crippen LogP contribution is -2.10. The Morgan fingerprint density at radius 1 is 1.28 bits per heavy atom. The number of hydrogen-bond donors (Lipinski definition) is 1. The smallest absolute Gasteiger partial charge is 0.119 e. The van der Waals surface area contributed by atoms with Crippen molar-refractivity contribution < 1.29 is 4.74 Å². The first kappa shape index (κ1) is 13.0. The molecule has 1 heterocycles. The Labute approximate surface area is 115 Å². The van der Waals surface area contributed by atoms with E-state index in [9.17, 15) is 0 Å². The quantitative estimate of drug-likeness (QED) is 0.884. The average Bonchev–Trinajstić information content (AvgIpc) is 2.60. The zero-order valence-corrected chi connectivity index (χ0v) is 12.1. The van der Waals surface area contributed by atoms with Crippen LogP contribution in [0.1, 0.15) is 11.4 Å². The minimum atomic E-state index is 0.582. The summed E-state index contributed by atoms with van der Waals surface area (Å²) in [5.41, 5.74) is 8.47. The fourth-order valence-corrected chi connectivity index (χ4v) is 1.99. The van der Waals surface area contributed by atoms with E-state index in [1.807, 2.05) is 42.8 Å². The molecule has 1 aromatic carbocycles. The predicted molar refractivity (Wildman–Crippen MR) is 75.8 cm³/mol. The van der Waals surface area contributed by atoms with E-state index in [0.29, 0.717) is 6.61 Å². The zero-order valence-electron chi connectivity index (χ0n) is 10.5. The van der Waals surface area contributed by atoms with Crippen molar-refractivity contribution in [3.05, 3.63) is 40.1 Å². The van der Waals surface area contributed by atoms with Gasteiger partial charge >= 0.3 is 0 Å². The summed E-state index contributed by atoms with van der Waals surface area (Å²) < 4.78 is 8.64. The molecule has 4 nitrogen and oxygen atoms in total. The topological polar surface area (TPSA) is 53.1 Å². The maximum atomic E-state index is 5.64. The number of halogens is 1. The lowest BCUT2D eigenvalue weighted by Gasteiger charge is -2.07. The molecule has 0 aliphatic carbocycles. The van der Waals surface area contributed by atoms with Gasteiger partial charge in [0.25, 0.3) is 0 Å². The fraction of sp³-hybridized carbons (Fsp3) is 0.308. The molecule has 0 saturated heterocycles. The molecule has 18 heavy (non-hydrogen) atoms. The van der Waals surface area contributed by atoms with Gasteiger partial charge < -0.3 is 10.5 Å². The van der Waals surface area contributed by atoms with Gasteiger partial charge in [0.15, 0.2) is 0 Å². The van der Waals surface area contributed by atoms with E-state index in [4.69, 9.17) is 10.5 Å². The SMILES string of the molecule is Cc1nn(CCOc2ccc(N)cc2)c(C)c1Br. The van der Waals surface area contributed by atoms with Crippen molar-refractivity contribution in [3.63, 3.8) is 0 Å². The van der Waals surface area contributed by atoms with Gasteiger partial charge in [-0.15, -0.1) is 0 Å². The third kappa shape index (κ3) is 2.85. The highest BCUT2D eigenvalue weighted by Gasteiger charge is 2.08. The second-order valence-electron chi connectivity index (χ2n) is 4.13. The molecule has 0 fully saturated rings. The van der Waals surface area contributed by atoms with E-state index in [2.05, 4.69) is 21.0 Å². The fourth-order valence-electron chi connectivity index (χ4n) is 1.71. The molecule has 0 bridgehead atoms. The van der Waals surface area contributed by atoms with Gasteiger partial charge in [0, 0.05) is 11.4 Å². The summed E-state index contributed by atoms with van der Waals surface area (Å²) in [6.45, 7) is 5.32. The molecule has 1 aromatic heterocycles. The number of nitrogen functional groups attached to an aromatic ring is 1. The Bertz CT molecular complexity index is 534. The lowest BCUT2D eigenvalue weighted by molar-refractivity contribution is 0.289.